The number of nitrogens with zero attached hydrogens (tertiary/aromatic N) is 2. The second-order valence-corrected chi connectivity index (χ2v) is 5.38. The van der Waals surface area contributed by atoms with E-state index < -0.39 is 5.97 Å². The van der Waals surface area contributed by atoms with Crippen molar-refractivity contribution < 1.29 is 14.7 Å². The van der Waals surface area contributed by atoms with Crippen molar-refractivity contribution in [2.75, 3.05) is 20.6 Å². The average molecular weight is 286 g/mol. The molecule has 0 aromatic heterocycles. The predicted octanol–water partition coefficient (Wildman–Crippen LogP) is 2.91. The molecule has 0 saturated heterocycles. The number of hydrogen-bond donors (Lipinski definition) is 1. The second-order valence-electron chi connectivity index (χ2n) is 5.38. The number of carboxylic acid groups (broad SMARTS) is 1. The summed E-state index contributed by atoms with van der Waals surface area (Å²) < 4.78 is 0. The topological polar surface area (TPSA) is 60.9 Å². The van der Waals surface area contributed by atoms with Gasteiger partial charge in [-0.05, 0) is 19.3 Å². The molecule has 0 spiro atoms. The van der Waals surface area contributed by atoms with Crippen molar-refractivity contribution in [1.82, 2.24) is 10.0 Å². The standard InChI is InChI=1S/C15H30N2O3/c1-4-13-17(16(2)3)14(18)11-9-7-5-6-8-10-12-15(19)20/h4-13H2,1-3H3,(H,19,20). The van der Waals surface area contributed by atoms with Crippen LogP contribution in [0.3, 0.4) is 0 Å². The fraction of sp³-hybridized carbons (Fsp3) is 0.867. The maximum atomic E-state index is 12.0. The molecule has 20 heavy (non-hydrogen) atoms. The van der Waals surface area contributed by atoms with Gasteiger partial charge in [0.1, 0.15) is 0 Å². The van der Waals surface area contributed by atoms with Crippen LogP contribution in [0.15, 0.2) is 0 Å². The van der Waals surface area contributed by atoms with Crippen LogP contribution in [0.1, 0.15) is 64.7 Å². The zero-order valence-corrected chi connectivity index (χ0v) is 13.2. The Labute approximate surface area is 122 Å². The van der Waals surface area contributed by atoms with Crippen LogP contribution in [0, 0.1) is 0 Å². The summed E-state index contributed by atoms with van der Waals surface area (Å²) in [5.74, 6) is -0.516. The quantitative estimate of drug-likeness (QED) is 0.442. The Morgan fingerprint density at radius 2 is 1.40 bits per heavy atom. The molecule has 0 atom stereocenters. The van der Waals surface area contributed by atoms with Gasteiger partial charge in [-0.1, -0.05) is 32.6 Å². The van der Waals surface area contributed by atoms with Crippen molar-refractivity contribution in [3.63, 3.8) is 0 Å². The third-order valence-electron chi connectivity index (χ3n) is 3.24. The largest absolute Gasteiger partial charge is 0.481 e. The van der Waals surface area contributed by atoms with E-state index in [4.69, 9.17) is 5.11 Å². The van der Waals surface area contributed by atoms with Gasteiger partial charge in [0.05, 0.1) is 0 Å². The molecule has 0 aliphatic carbocycles. The Balaban J connectivity index is 3.58. The average Bonchev–Trinajstić information content (AvgIpc) is 2.38. The minimum atomic E-state index is -0.713. The van der Waals surface area contributed by atoms with Gasteiger partial charge < -0.3 is 5.11 Å². The number of aliphatic carboxylic acids is 1. The summed E-state index contributed by atoms with van der Waals surface area (Å²) in [7, 11) is 3.80. The molecule has 0 radical (unpaired) electrons. The molecule has 1 amide bonds. The summed E-state index contributed by atoms with van der Waals surface area (Å²) in [5.41, 5.74) is 0. The minimum Gasteiger partial charge on any atom is -0.481 e. The number of unbranched alkanes of at least 4 members (excludes halogenated alkanes) is 5. The third-order valence-corrected chi connectivity index (χ3v) is 3.24. The lowest BCUT2D eigenvalue weighted by Gasteiger charge is -2.28. The molecule has 5 nitrogen and oxygen atoms in total. The number of hydrogen-bond acceptors (Lipinski definition) is 3. The SMILES string of the molecule is CCCN(C(=O)CCCCCCCCC(=O)O)N(C)C. The van der Waals surface area contributed by atoms with Crippen LogP contribution < -0.4 is 0 Å². The Hall–Kier alpha value is -1.10. The molecule has 0 unspecified atom stereocenters. The third kappa shape index (κ3) is 9.78. The Kier molecular flexibility index (Phi) is 11.1. The predicted molar refractivity (Wildman–Crippen MR) is 80.3 cm³/mol. The zero-order valence-electron chi connectivity index (χ0n) is 13.2. The molecule has 118 valence electrons. The highest BCUT2D eigenvalue weighted by molar-refractivity contribution is 5.75. The molecule has 5 heteroatoms. The van der Waals surface area contributed by atoms with E-state index in [1.807, 2.05) is 19.1 Å². The van der Waals surface area contributed by atoms with Crippen molar-refractivity contribution in [3.05, 3.63) is 0 Å². The number of carbonyl (C=O) groups excluding carboxylic acids is 1. The minimum absolute atomic E-state index is 0.197. The Morgan fingerprint density at radius 1 is 0.900 bits per heavy atom. The first-order valence-electron chi connectivity index (χ1n) is 7.68. The van der Waals surface area contributed by atoms with E-state index in [0.717, 1.165) is 51.5 Å². The van der Waals surface area contributed by atoms with E-state index in [1.165, 1.54) is 0 Å². The smallest absolute Gasteiger partial charge is 0.303 e. The second kappa shape index (κ2) is 11.7. The first-order chi connectivity index (χ1) is 9.49. The molecule has 1 N–H and O–H groups in total. The van der Waals surface area contributed by atoms with E-state index in [0.29, 0.717) is 6.42 Å². The Morgan fingerprint density at radius 3 is 1.85 bits per heavy atom. The molecular formula is C15H30N2O3. The van der Waals surface area contributed by atoms with Crippen molar-refractivity contribution in [2.24, 2.45) is 0 Å². The lowest BCUT2D eigenvalue weighted by molar-refractivity contribution is -0.145. The molecule has 0 heterocycles. The van der Waals surface area contributed by atoms with Gasteiger partial charge in [0, 0.05) is 33.5 Å². The highest BCUT2D eigenvalue weighted by Crippen LogP contribution is 2.10. The van der Waals surface area contributed by atoms with Crippen LogP contribution in [0.25, 0.3) is 0 Å². The number of rotatable bonds is 12. The van der Waals surface area contributed by atoms with Crippen LogP contribution in [0.2, 0.25) is 0 Å². The summed E-state index contributed by atoms with van der Waals surface area (Å²) in [4.78, 5) is 22.3. The van der Waals surface area contributed by atoms with Crippen LogP contribution in [0.5, 0.6) is 0 Å². The van der Waals surface area contributed by atoms with E-state index in [2.05, 4.69) is 6.92 Å². The monoisotopic (exact) mass is 286 g/mol. The van der Waals surface area contributed by atoms with Gasteiger partial charge in [-0.15, -0.1) is 0 Å². The zero-order chi connectivity index (χ0) is 15.4. The van der Waals surface area contributed by atoms with Crippen LogP contribution in [0.4, 0.5) is 0 Å². The lowest BCUT2D eigenvalue weighted by atomic mass is 10.1. The fourth-order valence-corrected chi connectivity index (χ4v) is 2.15. The molecular weight excluding hydrogens is 256 g/mol. The molecule has 0 fully saturated rings. The maximum absolute atomic E-state index is 12.0. The Bertz CT molecular complexity index is 280. The van der Waals surface area contributed by atoms with Gasteiger partial charge in [-0.25, -0.2) is 5.01 Å². The molecule has 0 aromatic rings. The van der Waals surface area contributed by atoms with E-state index in [1.54, 1.807) is 5.01 Å². The van der Waals surface area contributed by atoms with E-state index >= 15 is 0 Å². The van der Waals surface area contributed by atoms with Crippen LogP contribution in [-0.2, 0) is 9.59 Å². The van der Waals surface area contributed by atoms with Crippen molar-refractivity contribution in [1.29, 1.82) is 0 Å². The van der Waals surface area contributed by atoms with Gasteiger partial charge >= 0.3 is 5.97 Å². The molecule has 0 aliphatic rings. The number of carboxylic acids is 1. The summed E-state index contributed by atoms with van der Waals surface area (Å²) in [6, 6.07) is 0. The summed E-state index contributed by atoms with van der Waals surface area (Å²) in [6.07, 6.45) is 7.70. The number of amides is 1. The molecule has 0 saturated carbocycles. The van der Waals surface area contributed by atoms with Gasteiger partial charge in [0.2, 0.25) is 5.91 Å². The molecule has 0 aromatic carbocycles. The van der Waals surface area contributed by atoms with Crippen LogP contribution in [-0.4, -0.2) is 47.6 Å². The van der Waals surface area contributed by atoms with Gasteiger partial charge in [-0.3, -0.25) is 14.6 Å². The van der Waals surface area contributed by atoms with Gasteiger partial charge in [0.25, 0.3) is 0 Å². The van der Waals surface area contributed by atoms with Gasteiger partial charge in [-0.2, -0.15) is 0 Å². The highest BCUT2D eigenvalue weighted by atomic mass is 16.4. The summed E-state index contributed by atoms with van der Waals surface area (Å²) in [6.45, 7) is 2.85. The number of hydrazine groups is 1. The van der Waals surface area contributed by atoms with E-state index in [9.17, 15) is 9.59 Å². The lowest BCUT2D eigenvalue weighted by Crippen LogP contribution is -2.42. The molecule has 0 rings (SSSR count). The van der Waals surface area contributed by atoms with Crippen molar-refractivity contribution in [3.8, 4) is 0 Å². The van der Waals surface area contributed by atoms with Crippen LogP contribution >= 0.6 is 0 Å². The maximum Gasteiger partial charge on any atom is 0.303 e. The molecule has 0 bridgehead atoms. The number of carbonyl (C=O) groups is 2. The first kappa shape index (κ1) is 18.9. The van der Waals surface area contributed by atoms with Crippen molar-refractivity contribution in [2.45, 2.75) is 64.7 Å². The molecule has 0 aliphatic heterocycles. The van der Waals surface area contributed by atoms with Crippen molar-refractivity contribution >= 4 is 11.9 Å². The van der Waals surface area contributed by atoms with E-state index in [-0.39, 0.29) is 12.3 Å². The fourth-order valence-electron chi connectivity index (χ4n) is 2.15. The summed E-state index contributed by atoms with van der Waals surface area (Å²) >= 11 is 0. The normalized spacial score (nSPS) is 10.8. The highest BCUT2D eigenvalue weighted by Gasteiger charge is 2.13. The first-order valence-corrected chi connectivity index (χ1v) is 7.68. The summed E-state index contributed by atoms with van der Waals surface area (Å²) in [5, 5.41) is 12.2. The van der Waals surface area contributed by atoms with Gasteiger partial charge in [0.15, 0.2) is 0 Å².